The van der Waals surface area contributed by atoms with Gasteiger partial charge in [0.1, 0.15) is 0 Å². The molecule has 2 rings (SSSR count). The second-order valence-corrected chi connectivity index (χ2v) is 5.23. The monoisotopic (exact) mass is 273 g/mol. The fourth-order valence-electron chi connectivity index (χ4n) is 1.90. The Kier molecular flexibility index (Phi) is 4.23. The van der Waals surface area contributed by atoms with E-state index in [0.29, 0.717) is 21.8 Å². The number of fused-ring (bicyclic) bond motifs is 1. The molecule has 0 radical (unpaired) electrons. The third-order valence-corrected chi connectivity index (χ3v) is 3.89. The number of hydrogen-bond donors (Lipinski definition) is 0. The summed E-state index contributed by atoms with van der Waals surface area (Å²) in [7, 11) is 0. The summed E-state index contributed by atoms with van der Waals surface area (Å²) in [6.45, 7) is 4.03. The lowest BCUT2D eigenvalue weighted by Gasteiger charge is -2.17. The molecular weight excluding hydrogens is 258 g/mol. The lowest BCUT2D eigenvalue weighted by Crippen LogP contribution is -2.26. The molecule has 0 aliphatic heterocycles. The molecule has 1 aromatic carbocycles. The van der Waals surface area contributed by atoms with E-state index in [1.807, 2.05) is 32.0 Å². The zero-order valence-corrected chi connectivity index (χ0v) is 11.8. The fourth-order valence-corrected chi connectivity index (χ4v) is 2.65. The summed E-state index contributed by atoms with van der Waals surface area (Å²) in [5, 5.41) is 9.96. The molecule has 0 fully saturated rings. The van der Waals surface area contributed by atoms with Crippen LogP contribution in [0.5, 0.6) is 0 Å². The van der Waals surface area contributed by atoms with Gasteiger partial charge in [0.25, 0.3) is 5.56 Å². The molecule has 5 heteroatoms. The van der Waals surface area contributed by atoms with E-state index < -0.39 is 0 Å². The Morgan fingerprint density at radius 1 is 1.47 bits per heavy atom. The van der Waals surface area contributed by atoms with Gasteiger partial charge in [0.2, 0.25) is 0 Å². The molecule has 0 unspecified atom stereocenters. The van der Waals surface area contributed by atoms with Crippen LogP contribution in [0.1, 0.15) is 26.3 Å². The average Bonchev–Trinajstić information content (AvgIpc) is 2.44. The maximum atomic E-state index is 12.5. The van der Waals surface area contributed by atoms with Gasteiger partial charge >= 0.3 is 0 Å². The second kappa shape index (κ2) is 5.89. The molecule has 1 aromatic heterocycles. The summed E-state index contributed by atoms with van der Waals surface area (Å²) in [6, 6.07) is 9.48. The van der Waals surface area contributed by atoms with Crippen LogP contribution in [-0.2, 0) is 0 Å². The summed E-state index contributed by atoms with van der Waals surface area (Å²) < 4.78 is 1.70. The van der Waals surface area contributed by atoms with E-state index in [4.69, 9.17) is 5.26 Å². The van der Waals surface area contributed by atoms with Gasteiger partial charge in [0.05, 0.1) is 22.7 Å². The molecule has 0 bridgehead atoms. The first kappa shape index (κ1) is 13.6. The van der Waals surface area contributed by atoms with E-state index in [1.54, 1.807) is 10.6 Å². The molecule has 0 amide bonds. The van der Waals surface area contributed by atoms with Gasteiger partial charge in [-0.2, -0.15) is 5.26 Å². The van der Waals surface area contributed by atoms with Crippen molar-refractivity contribution in [2.45, 2.75) is 31.5 Å². The maximum Gasteiger partial charge on any atom is 0.262 e. The number of nitrogens with zero attached hydrogens (tertiary/aromatic N) is 3. The summed E-state index contributed by atoms with van der Waals surface area (Å²) >= 11 is 1.31. The van der Waals surface area contributed by atoms with Crippen LogP contribution in [0.3, 0.4) is 0 Å². The van der Waals surface area contributed by atoms with E-state index >= 15 is 0 Å². The minimum Gasteiger partial charge on any atom is -0.284 e. The topological polar surface area (TPSA) is 58.7 Å². The molecule has 4 nitrogen and oxygen atoms in total. The van der Waals surface area contributed by atoms with Gasteiger partial charge in [-0.05, 0) is 25.5 Å². The highest BCUT2D eigenvalue weighted by atomic mass is 32.2. The fraction of sp³-hybridized carbons (Fsp3) is 0.357. The SMILES string of the molecule is CC[C@@H](C)n1c(SCC#N)nc2ccccc2c1=O. The Labute approximate surface area is 116 Å². The number of aromatic nitrogens is 2. The molecule has 0 spiro atoms. The highest BCUT2D eigenvalue weighted by Crippen LogP contribution is 2.21. The third kappa shape index (κ3) is 2.64. The van der Waals surface area contributed by atoms with Crippen molar-refractivity contribution in [2.24, 2.45) is 0 Å². The van der Waals surface area contributed by atoms with Crippen molar-refractivity contribution < 1.29 is 0 Å². The van der Waals surface area contributed by atoms with Crippen LogP contribution >= 0.6 is 11.8 Å². The number of para-hydroxylation sites is 1. The molecule has 0 aliphatic rings. The minimum absolute atomic E-state index is 0.0274. The summed E-state index contributed by atoms with van der Waals surface area (Å²) in [5.74, 6) is 0.293. The van der Waals surface area contributed by atoms with Crippen LogP contribution in [0.25, 0.3) is 10.9 Å². The van der Waals surface area contributed by atoms with Crippen molar-refractivity contribution >= 4 is 22.7 Å². The van der Waals surface area contributed by atoms with E-state index in [-0.39, 0.29) is 11.6 Å². The van der Waals surface area contributed by atoms with Crippen LogP contribution < -0.4 is 5.56 Å². The van der Waals surface area contributed by atoms with E-state index in [9.17, 15) is 4.79 Å². The van der Waals surface area contributed by atoms with Crippen molar-refractivity contribution in [3.63, 3.8) is 0 Å². The Morgan fingerprint density at radius 2 is 2.21 bits per heavy atom. The Hall–Kier alpha value is -1.80. The van der Waals surface area contributed by atoms with Crippen LogP contribution in [0.15, 0.2) is 34.2 Å². The molecule has 0 saturated carbocycles. The summed E-state index contributed by atoms with van der Waals surface area (Å²) in [4.78, 5) is 17.1. The van der Waals surface area contributed by atoms with Crippen molar-refractivity contribution in [3.8, 4) is 6.07 Å². The van der Waals surface area contributed by atoms with Crippen molar-refractivity contribution in [2.75, 3.05) is 5.75 Å². The van der Waals surface area contributed by atoms with Gasteiger partial charge in [-0.3, -0.25) is 9.36 Å². The van der Waals surface area contributed by atoms with Crippen LogP contribution in [0, 0.1) is 11.3 Å². The molecular formula is C14H15N3OS. The predicted molar refractivity (Wildman–Crippen MR) is 77.3 cm³/mol. The second-order valence-electron chi connectivity index (χ2n) is 4.29. The van der Waals surface area contributed by atoms with Gasteiger partial charge in [0.15, 0.2) is 5.16 Å². The number of benzene rings is 1. The normalized spacial score (nSPS) is 12.3. The molecule has 2 aromatic rings. The van der Waals surface area contributed by atoms with Crippen molar-refractivity contribution in [1.82, 2.24) is 9.55 Å². The van der Waals surface area contributed by atoms with Gasteiger partial charge < -0.3 is 0 Å². The first-order chi connectivity index (χ1) is 9.19. The van der Waals surface area contributed by atoms with E-state index in [2.05, 4.69) is 11.1 Å². The van der Waals surface area contributed by atoms with Gasteiger partial charge in [-0.15, -0.1) is 0 Å². The van der Waals surface area contributed by atoms with Gasteiger partial charge in [0, 0.05) is 6.04 Å². The molecule has 1 atom stereocenters. The predicted octanol–water partition coefficient (Wildman–Crippen LogP) is 2.98. The molecule has 19 heavy (non-hydrogen) atoms. The molecule has 1 heterocycles. The standard InChI is InChI=1S/C14H15N3OS/c1-3-10(2)17-13(18)11-6-4-5-7-12(11)16-14(17)19-9-8-15/h4-7,10H,3,9H2,1-2H3/t10-/m1/s1. The van der Waals surface area contributed by atoms with Gasteiger partial charge in [-0.25, -0.2) is 4.98 Å². The zero-order chi connectivity index (χ0) is 13.8. The van der Waals surface area contributed by atoms with Gasteiger partial charge in [-0.1, -0.05) is 30.8 Å². The minimum atomic E-state index is -0.0274. The number of rotatable bonds is 4. The first-order valence-corrected chi connectivity index (χ1v) is 7.18. The molecule has 0 aliphatic carbocycles. The summed E-state index contributed by atoms with van der Waals surface area (Å²) in [5.41, 5.74) is 0.660. The molecule has 0 saturated heterocycles. The lowest BCUT2D eigenvalue weighted by atomic mass is 10.2. The first-order valence-electron chi connectivity index (χ1n) is 6.20. The van der Waals surface area contributed by atoms with Crippen LogP contribution in [-0.4, -0.2) is 15.3 Å². The van der Waals surface area contributed by atoms with E-state index in [1.165, 1.54) is 11.8 Å². The number of nitriles is 1. The third-order valence-electron chi connectivity index (χ3n) is 3.07. The molecule has 98 valence electrons. The average molecular weight is 273 g/mol. The Morgan fingerprint density at radius 3 is 2.89 bits per heavy atom. The van der Waals surface area contributed by atoms with Crippen molar-refractivity contribution in [1.29, 1.82) is 5.26 Å². The van der Waals surface area contributed by atoms with Crippen LogP contribution in [0.2, 0.25) is 0 Å². The number of hydrogen-bond acceptors (Lipinski definition) is 4. The van der Waals surface area contributed by atoms with Crippen molar-refractivity contribution in [3.05, 3.63) is 34.6 Å². The maximum absolute atomic E-state index is 12.5. The van der Waals surface area contributed by atoms with Crippen LogP contribution in [0.4, 0.5) is 0 Å². The Balaban J connectivity index is 2.70. The highest BCUT2D eigenvalue weighted by Gasteiger charge is 2.14. The number of thioether (sulfide) groups is 1. The largest absolute Gasteiger partial charge is 0.284 e. The highest BCUT2D eigenvalue weighted by molar-refractivity contribution is 7.99. The lowest BCUT2D eigenvalue weighted by molar-refractivity contribution is 0.468. The molecule has 0 N–H and O–H groups in total. The quantitative estimate of drug-likeness (QED) is 0.634. The Bertz CT molecular complexity index is 687. The zero-order valence-electron chi connectivity index (χ0n) is 11.0. The smallest absolute Gasteiger partial charge is 0.262 e. The van der Waals surface area contributed by atoms with E-state index in [0.717, 1.165) is 6.42 Å². The summed E-state index contributed by atoms with van der Waals surface area (Å²) in [6.07, 6.45) is 0.847.